The van der Waals surface area contributed by atoms with Crippen molar-refractivity contribution in [3.8, 4) is 17.3 Å². The van der Waals surface area contributed by atoms with Crippen molar-refractivity contribution >= 4 is 34.4 Å². The van der Waals surface area contributed by atoms with Crippen molar-refractivity contribution < 1.29 is 22.8 Å². The topological polar surface area (TPSA) is 104 Å². The highest BCUT2D eigenvalue weighted by Gasteiger charge is 2.19. The standard InChI is InChI=1S/C30H21F3N6O2/c1-38(2)29(41)21-14-24(33)26(15-23(21)32)37-30-35-9-7-25(36-30)19-11-18-8-10-39(28(18)20(12-19)16-34)27(40)13-17-5-3-4-6-22(17)31/h3-12,14-15H,13H2,1-2H3,(H,35,36,37). The first-order valence-electron chi connectivity index (χ1n) is 12.3. The fourth-order valence-corrected chi connectivity index (χ4v) is 4.36. The summed E-state index contributed by atoms with van der Waals surface area (Å²) in [7, 11) is 2.86. The number of rotatable bonds is 6. The Morgan fingerprint density at radius 1 is 1.00 bits per heavy atom. The van der Waals surface area contributed by atoms with Crippen LogP contribution in [0.2, 0.25) is 0 Å². The fourth-order valence-electron chi connectivity index (χ4n) is 4.36. The van der Waals surface area contributed by atoms with Crippen LogP contribution in [-0.2, 0) is 6.42 Å². The van der Waals surface area contributed by atoms with E-state index < -0.39 is 34.8 Å². The maximum atomic E-state index is 14.7. The zero-order valence-electron chi connectivity index (χ0n) is 21.8. The number of carbonyl (C=O) groups is 2. The van der Waals surface area contributed by atoms with E-state index in [2.05, 4.69) is 21.4 Å². The number of nitrogens with zero attached hydrogens (tertiary/aromatic N) is 5. The Bertz CT molecular complexity index is 1880. The van der Waals surface area contributed by atoms with Crippen molar-refractivity contribution in [1.82, 2.24) is 19.4 Å². The van der Waals surface area contributed by atoms with Crippen molar-refractivity contribution in [1.29, 1.82) is 5.26 Å². The van der Waals surface area contributed by atoms with Gasteiger partial charge in [-0.25, -0.2) is 23.1 Å². The summed E-state index contributed by atoms with van der Waals surface area (Å²) in [6, 6.07) is 16.2. The molecular formula is C30H21F3N6O2. The van der Waals surface area contributed by atoms with E-state index in [-0.39, 0.29) is 29.2 Å². The molecule has 0 aliphatic carbocycles. The van der Waals surface area contributed by atoms with Crippen LogP contribution in [0.25, 0.3) is 22.2 Å². The second-order valence-electron chi connectivity index (χ2n) is 9.32. The van der Waals surface area contributed by atoms with Gasteiger partial charge < -0.3 is 10.2 Å². The van der Waals surface area contributed by atoms with Gasteiger partial charge in [0.05, 0.1) is 34.4 Å². The van der Waals surface area contributed by atoms with Gasteiger partial charge in [0.25, 0.3) is 5.91 Å². The first kappa shape index (κ1) is 27.1. The van der Waals surface area contributed by atoms with E-state index in [0.29, 0.717) is 22.2 Å². The van der Waals surface area contributed by atoms with Gasteiger partial charge in [-0.2, -0.15) is 5.26 Å². The van der Waals surface area contributed by atoms with Crippen LogP contribution in [0.4, 0.5) is 24.8 Å². The van der Waals surface area contributed by atoms with Crippen molar-refractivity contribution in [2.24, 2.45) is 0 Å². The maximum Gasteiger partial charge on any atom is 0.256 e. The van der Waals surface area contributed by atoms with Gasteiger partial charge in [0, 0.05) is 43.5 Å². The predicted octanol–water partition coefficient (Wildman–Crippen LogP) is 5.72. The van der Waals surface area contributed by atoms with Crippen molar-refractivity contribution in [3.05, 3.63) is 107 Å². The van der Waals surface area contributed by atoms with Gasteiger partial charge in [0.2, 0.25) is 11.9 Å². The fraction of sp³-hybridized carbons (Fsp3) is 0.100. The first-order chi connectivity index (χ1) is 19.7. The van der Waals surface area contributed by atoms with Crippen LogP contribution in [0.1, 0.15) is 26.3 Å². The summed E-state index contributed by atoms with van der Waals surface area (Å²) < 4.78 is 44.7. The van der Waals surface area contributed by atoms with E-state index in [1.165, 1.54) is 49.3 Å². The van der Waals surface area contributed by atoms with Crippen LogP contribution in [0, 0.1) is 28.8 Å². The summed E-state index contributed by atoms with van der Waals surface area (Å²) in [6.07, 6.45) is 2.74. The lowest BCUT2D eigenvalue weighted by atomic mass is 10.0. The molecule has 1 amide bonds. The smallest absolute Gasteiger partial charge is 0.256 e. The molecule has 0 bridgehead atoms. The monoisotopic (exact) mass is 554 g/mol. The third kappa shape index (κ3) is 5.35. The Labute approximate surface area is 232 Å². The molecule has 2 aromatic heterocycles. The Kier molecular flexibility index (Phi) is 7.22. The number of anilines is 2. The van der Waals surface area contributed by atoms with Gasteiger partial charge in [-0.3, -0.25) is 14.2 Å². The molecule has 5 rings (SSSR count). The number of hydrogen-bond acceptors (Lipinski definition) is 6. The Balaban J connectivity index is 1.46. The van der Waals surface area contributed by atoms with Gasteiger partial charge >= 0.3 is 0 Å². The van der Waals surface area contributed by atoms with Gasteiger partial charge in [-0.1, -0.05) is 18.2 Å². The molecule has 2 heterocycles. The molecule has 11 heteroatoms. The molecular weight excluding hydrogens is 533 g/mol. The lowest BCUT2D eigenvalue weighted by Crippen LogP contribution is -2.23. The Morgan fingerprint density at radius 2 is 1.78 bits per heavy atom. The zero-order chi connectivity index (χ0) is 29.3. The molecule has 0 saturated heterocycles. The zero-order valence-corrected chi connectivity index (χ0v) is 21.8. The van der Waals surface area contributed by atoms with E-state index >= 15 is 0 Å². The highest BCUT2D eigenvalue weighted by molar-refractivity contribution is 5.98. The Hall–Kier alpha value is -5.50. The number of aromatic nitrogens is 3. The Morgan fingerprint density at radius 3 is 2.51 bits per heavy atom. The molecule has 0 atom stereocenters. The lowest BCUT2D eigenvalue weighted by Gasteiger charge is -2.13. The van der Waals surface area contributed by atoms with Crippen LogP contribution in [0.5, 0.6) is 0 Å². The second kappa shape index (κ2) is 10.9. The van der Waals surface area contributed by atoms with Crippen molar-refractivity contribution in [2.45, 2.75) is 6.42 Å². The first-order valence-corrected chi connectivity index (χ1v) is 12.3. The lowest BCUT2D eigenvalue weighted by molar-refractivity contribution is 0.0822. The minimum Gasteiger partial charge on any atom is -0.345 e. The molecule has 0 spiro atoms. The summed E-state index contributed by atoms with van der Waals surface area (Å²) in [5.41, 5.74) is 0.995. The van der Waals surface area contributed by atoms with Gasteiger partial charge in [-0.15, -0.1) is 0 Å². The maximum absolute atomic E-state index is 14.7. The minimum atomic E-state index is -0.915. The van der Waals surface area contributed by atoms with Crippen molar-refractivity contribution in [3.63, 3.8) is 0 Å². The van der Waals surface area contributed by atoms with E-state index in [1.54, 1.807) is 30.3 Å². The molecule has 41 heavy (non-hydrogen) atoms. The van der Waals surface area contributed by atoms with Crippen LogP contribution >= 0.6 is 0 Å². The SMILES string of the molecule is CN(C)C(=O)c1cc(F)c(Nc2nccc(-c3cc(C#N)c4c(ccn4C(=O)Cc4ccccc4F)c3)n2)cc1F. The molecule has 0 saturated carbocycles. The summed E-state index contributed by atoms with van der Waals surface area (Å²) in [5, 5.41) is 13.1. The van der Waals surface area contributed by atoms with E-state index in [0.717, 1.165) is 17.0 Å². The average molecular weight is 555 g/mol. The molecule has 3 aromatic carbocycles. The highest BCUT2D eigenvalue weighted by Crippen LogP contribution is 2.29. The molecule has 0 unspecified atom stereocenters. The number of amides is 1. The van der Waals surface area contributed by atoms with Gasteiger partial charge in [0.15, 0.2) is 0 Å². The summed E-state index contributed by atoms with van der Waals surface area (Å²) in [6.45, 7) is 0. The van der Waals surface area contributed by atoms with Gasteiger partial charge in [-0.05, 0) is 42.0 Å². The molecule has 0 radical (unpaired) electrons. The van der Waals surface area contributed by atoms with Crippen LogP contribution in [0.3, 0.4) is 0 Å². The highest BCUT2D eigenvalue weighted by atomic mass is 19.1. The molecule has 0 fully saturated rings. The molecule has 0 aliphatic rings. The van der Waals surface area contributed by atoms with Gasteiger partial charge in [0.1, 0.15) is 23.5 Å². The second-order valence-corrected chi connectivity index (χ2v) is 9.32. The predicted molar refractivity (Wildman–Crippen MR) is 146 cm³/mol. The molecule has 0 aliphatic heterocycles. The third-order valence-corrected chi connectivity index (χ3v) is 6.36. The summed E-state index contributed by atoms with van der Waals surface area (Å²) >= 11 is 0. The number of fused-ring (bicyclic) bond motifs is 1. The number of benzene rings is 3. The molecule has 204 valence electrons. The van der Waals surface area contributed by atoms with Crippen LogP contribution in [-0.4, -0.2) is 45.3 Å². The normalized spacial score (nSPS) is 10.8. The van der Waals surface area contributed by atoms with Crippen molar-refractivity contribution in [2.75, 3.05) is 19.4 Å². The van der Waals surface area contributed by atoms with E-state index in [9.17, 15) is 28.0 Å². The average Bonchev–Trinajstić information content (AvgIpc) is 3.39. The number of carbonyl (C=O) groups excluding carboxylic acids is 2. The molecule has 8 nitrogen and oxygen atoms in total. The number of nitriles is 1. The summed E-state index contributed by atoms with van der Waals surface area (Å²) in [4.78, 5) is 34.7. The number of nitrogens with one attached hydrogen (secondary N) is 1. The third-order valence-electron chi connectivity index (χ3n) is 6.36. The number of hydrogen-bond donors (Lipinski definition) is 1. The van der Waals surface area contributed by atoms with Crippen LogP contribution < -0.4 is 5.32 Å². The molecule has 5 aromatic rings. The molecule has 1 N–H and O–H groups in total. The summed E-state index contributed by atoms with van der Waals surface area (Å²) in [5.74, 6) is -3.42. The number of halogens is 3. The van der Waals surface area contributed by atoms with Crippen LogP contribution in [0.15, 0.2) is 73.1 Å². The van der Waals surface area contributed by atoms with E-state index in [4.69, 9.17) is 0 Å². The quantitative estimate of drug-likeness (QED) is 0.288. The minimum absolute atomic E-state index is 0.0521. The largest absolute Gasteiger partial charge is 0.345 e. The van der Waals surface area contributed by atoms with E-state index in [1.807, 2.05) is 0 Å².